The van der Waals surface area contributed by atoms with Gasteiger partial charge >= 0.3 is 0 Å². The van der Waals surface area contributed by atoms with Crippen molar-refractivity contribution in [1.29, 1.82) is 0 Å². The summed E-state index contributed by atoms with van der Waals surface area (Å²) in [7, 11) is -4.94. The first kappa shape index (κ1) is 83.6. The molecule has 0 aliphatic carbocycles. The first-order valence-electron chi connectivity index (χ1n) is 43.1. The van der Waals surface area contributed by atoms with Gasteiger partial charge in [0, 0.05) is 37.8 Å². The maximum atomic E-state index is 7.26. The molecule has 610 valence electrons. The van der Waals surface area contributed by atoms with Gasteiger partial charge in [-0.1, -0.05) is 523 Å². The van der Waals surface area contributed by atoms with E-state index in [9.17, 15) is 0 Å². The lowest BCUT2D eigenvalue weighted by atomic mass is 9.76. The molecule has 20 aromatic carbocycles. The van der Waals surface area contributed by atoms with Gasteiger partial charge in [0.15, 0.2) is 0 Å². The zero-order chi connectivity index (χ0) is 85.5. The van der Waals surface area contributed by atoms with Gasteiger partial charge in [-0.2, -0.15) is 0 Å². The van der Waals surface area contributed by atoms with Crippen LogP contribution in [-0.4, -0.2) is 0 Å². The summed E-state index contributed by atoms with van der Waals surface area (Å²) in [5.41, 5.74) is 4.96. The molecule has 0 aromatic heterocycles. The Morgan fingerprint density at radius 2 is 0.370 bits per heavy atom. The molecule has 0 saturated heterocycles. The summed E-state index contributed by atoms with van der Waals surface area (Å²) in [6, 6.07) is 189. The van der Waals surface area contributed by atoms with Crippen LogP contribution in [0.15, 0.2) is 522 Å². The third-order valence-electron chi connectivity index (χ3n) is 23.2. The largest absolute Gasteiger partial charge is 0.456 e. The van der Waals surface area contributed by atoms with Crippen molar-refractivity contribution in [2.75, 3.05) is 0 Å². The third-order valence-corrected chi connectivity index (χ3v) is 38.0. The van der Waals surface area contributed by atoms with E-state index >= 15 is 0 Å². The van der Waals surface area contributed by atoms with Crippen LogP contribution in [0.3, 0.4) is 0 Å². The molecule has 1 heterocycles. The Morgan fingerprint density at radius 3 is 0.622 bits per heavy atom. The Morgan fingerprint density at radius 1 is 0.173 bits per heavy atom. The number of ether oxygens (including phenoxy) is 2. The first-order valence-corrected chi connectivity index (χ1v) is 51.2. The summed E-state index contributed by atoms with van der Waals surface area (Å²) in [5, 5.41) is 28.8. The molecule has 8 heteroatoms. The minimum Gasteiger partial charge on any atom is -0.456 e. The van der Waals surface area contributed by atoms with Gasteiger partial charge in [-0.25, -0.2) is 0 Å². The molecule has 0 saturated carbocycles. The second-order valence-electron chi connectivity index (χ2n) is 31.5. The fourth-order valence-corrected chi connectivity index (χ4v) is 31.8. The van der Waals surface area contributed by atoms with Gasteiger partial charge in [0.05, 0.1) is 0 Å². The van der Waals surface area contributed by atoms with E-state index in [2.05, 4.69) is 536 Å². The van der Waals surface area contributed by atoms with Crippen LogP contribution in [0.4, 0.5) is 0 Å². The topological polar surface area (TPSA) is 18.5 Å². The number of hydrogen-bond acceptors (Lipinski definition) is 2. The predicted octanol–water partition coefficient (Wildman–Crippen LogP) is 23.8. The summed E-state index contributed by atoms with van der Waals surface area (Å²) in [6.07, 6.45) is 0. The molecule has 0 amide bonds. The standard InChI is InChI=1S/C44H32P2.C39H32OP2.C36H28OP2/c1-5-19-35(20-6-1)45(36-21-7-2-8-22-36)41-31-29-33-17-13-15-27-39(33)43(41)44-40-28-16-14-18-34(40)30-32-42(44)46(37-23-9-3-10-24-37)38-25-11-4-12-26-38;1-39(2)33-25-15-27-35(41(29-17-7-3-8-18-29)30-19-9-4-10-20-30)37(33)40-38-34(39)26-16-28-36(38)42(31-21-11-5-12-22-31)32-23-13-6-14-24-32;1-5-17-29(18-6-1)38(30-19-7-2-8-20-30)35-27-15-13-25-33(35)37-34-26-14-16-28-36(34)39(31-21-9-3-10-22-31)32-23-11-4-12-24-32/h1-32H;3-28H,1-2H3;1-28H. The number of fused-ring (bicyclic) bond motifs is 4. The lowest BCUT2D eigenvalue weighted by Gasteiger charge is -2.38. The highest BCUT2D eigenvalue weighted by Crippen LogP contribution is 2.53. The fraction of sp³-hybridized carbons (Fsp3) is 0.0252. The van der Waals surface area contributed by atoms with Crippen molar-refractivity contribution in [3.05, 3.63) is 533 Å². The van der Waals surface area contributed by atoms with Gasteiger partial charge in [-0.3, -0.25) is 0 Å². The molecule has 0 radical (unpaired) electrons. The molecule has 127 heavy (non-hydrogen) atoms. The van der Waals surface area contributed by atoms with E-state index in [-0.39, 0.29) is 5.41 Å². The maximum Gasteiger partial charge on any atom is 0.139 e. The molecule has 2 nitrogen and oxygen atoms in total. The third kappa shape index (κ3) is 18.2. The van der Waals surface area contributed by atoms with Crippen LogP contribution in [0.25, 0.3) is 32.7 Å². The highest BCUT2D eigenvalue weighted by molar-refractivity contribution is 7.82. The van der Waals surface area contributed by atoms with E-state index in [0.29, 0.717) is 0 Å². The Bertz CT molecular complexity index is 6370. The Kier molecular flexibility index (Phi) is 26.2. The zero-order valence-corrected chi connectivity index (χ0v) is 76.0. The van der Waals surface area contributed by atoms with Crippen LogP contribution in [0.5, 0.6) is 23.0 Å². The van der Waals surface area contributed by atoms with Gasteiger partial charge in [-0.15, -0.1) is 0 Å². The lowest BCUT2D eigenvalue weighted by molar-refractivity contribution is 0.425. The monoisotopic (exact) mass is 1740 g/mol. The average molecular weight is 1740 g/mol. The van der Waals surface area contributed by atoms with Crippen LogP contribution in [0, 0.1) is 0 Å². The van der Waals surface area contributed by atoms with E-state index in [1.54, 1.807) is 0 Å². The van der Waals surface area contributed by atoms with Gasteiger partial charge in [0.1, 0.15) is 23.0 Å². The molecule has 0 fully saturated rings. The molecule has 0 spiro atoms. The molecule has 1 aliphatic rings. The number of hydrogen-bond donors (Lipinski definition) is 0. The van der Waals surface area contributed by atoms with Crippen LogP contribution in [-0.2, 0) is 5.41 Å². The van der Waals surface area contributed by atoms with Crippen molar-refractivity contribution in [1.82, 2.24) is 0 Å². The van der Waals surface area contributed by atoms with Crippen LogP contribution in [0.2, 0.25) is 0 Å². The molecule has 0 bridgehead atoms. The van der Waals surface area contributed by atoms with Gasteiger partial charge in [0.2, 0.25) is 0 Å². The van der Waals surface area contributed by atoms with Crippen LogP contribution >= 0.6 is 47.5 Å². The number of para-hydroxylation sites is 4. The van der Waals surface area contributed by atoms with Crippen molar-refractivity contribution < 1.29 is 9.47 Å². The van der Waals surface area contributed by atoms with Gasteiger partial charge < -0.3 is 9.47 Å². The molecule has 0 N–H and O–H groups in total. The van der Waals surface area contributed by atoms with Crippen molar-refractivity contribution in [2.24, 2.45) is 0 Å². The van der Waals surface area contributed by atoms with Gasteiger partial charge in [0.25, 0.3) is 0 Å². The summed E-state index contributed by atoms with van der Waals surface area (Å²) in [5.74, 6) is 3.83. The van der Waals surface area contributed by atoms with E-state index in [4.69, 9.17) is 9.47 Å². The van der Waals surface area contributed by atoms with Crippen molar-refractivity contribution in [3.63, 3.8) is 0 Å². The molecule has 0 unspecified atom stereocenters. The molecular weight excluding hydrogens is 1650 g/mol. The fourth-order valence-electron chi connectivity index (χ4n) is 17.3. The lowest BCUT2D eigenvalue weighted by Crippen LogP contribution is -2.32. The maximum absolute atomic E-state index is 7.26. The normalized spacial score (nSPS) is 11.9. The number of benzene rings is 20. The van der Waals surface area contributed by atoms with Crippen LogP contribution in [0.1, 0.15) is 25.0 Å². The summed E-state index contributed by atoms with van der Waals surface area (Å²) in [6.45, 7) is 4.70. The second-order valence-corrected chi connectivity index (χ2v) is 44.6. The highest BCUT2D eigenvalue weighted by atomic mass is 31.1. The molecule has 1 aliphatic heterocycles. The average Bonchev–Trinajstić information content (AvgIpc) is 0.726. The van der Waals surface area contributed by atoms with Gasteiger partial charge in [-0.05, 0) is 167 Å². The summed E-state index contributed by atoms with van der Waals surface area (Å²) >= 11 is 0. The summed E-state index contributed by atoms with van der Waals surface area (Å²) < 4.78 is 14.2. The van der Waals surface area contributed by atoms with E-state index in [1.165, 1.54) is 139 Å². The molecule has 0 atom stereocenters. The van der Waals surface area contributed by atoms with E-state index in [0.717, 1.165) is 23.0 Å². The molecule has 20 aromatic rings. The Labute approximate surface area is 754 Å². The quantitative estimate of drug-likeness (QED) is 0.0668. The predicted molar refractivity (Wildman–Crippen MR) is 557 cm³/mol. The van der Waals surface area contributed by atoms with Crippen molar-refractivity contribution in [2.45, 2.75) is 19.3 Å². The summed E-state index contributed by atoms with van der Waals surface area (Å²) in [4.78, 5) is 0. The smallest absolute Gasteiger partial charge is 0.139 e. The second kappa shape index (κ2) is 39.7. The molecule has 21 rings (SSSR count). The molecular formula is C119H92O2P6. The van der Waals surface area contributed by atoms with E-state index in [1.807, 2.05) is 0 Å². The van der Waals surface area contributed by atoms with Crippen molar-refractivity contribution >= 4 is 165 Å². The SMILES string of the molecule is CC1(C)c2cccc(P(c3ccccc3)c3ccccc3)c2Oc2c(P(c3ccccc3)c3ccccc3)cccc21.c1ccc(P(c2ccccc2)c2ccc3ccccc3c2-c2c(P(c3ccccc3)c3ccccc3)ccc3ccccc23)cc1.c1ccc(P(c2ccccc2)c2ccccc2Oc2ccccc2P(c2ccccc2)c2ccccc2)cc1. The Hall–Kier alpha value is -12.9. The Balaban J connectivity index is 0.000000125. The minimum atomic E-state index is -0.852. The van der Waals surface area contributed by atoms with Crippen molar-refractivity contribution in [3.8, 4) is 34.1 Å². The van der Waals surface area contributed by atoms with Crippen LogP contribution < -0.4 is 105 Å². The minimum absolute atomic E-state index is 0.225. The zero-order valence-electron chi connectivity index (χ0n) is 70.7. The van der Waals surface area contributed by atoms with E-state index < -0.39 is 47.5 Å². The highest BCUT2D eigenvalue weighted by Gasteiger charge is 2.40. The first-order chi connectivity index (χ1) is 62.9. The number of rotatable bonds is 21.